The minimum absolute atomic E-state index is 0.145. The van der Waals surface area contributed by atoms with E-state index in [0.717, 1.165) is 17.9 Å². The number of allylic oxidation sites excluding steroid dienone is 2. The standard InChI is InChI=1S/C21H16Cl2N2O3/c22-15-3-1-2-14(19(15)23)16-9-8-13(28-16)10-24-25-20(26)17-11-4-5-12(7-6-11)18(17)21(25)27/h1-5,8-12,17-18H,6-7H2/b24-10-/t11-,12-,17-,18-/m0/s1. The normalized spacial score (nSPS) is 28.6. The first kappa shape index (κ1) is 17.7. The minimum atomic E-state index is -0.272. The molecule has 2 aromatic rings. The molecule has 6 rings (SSSR count). The third-order valence-electron chi connectivity index (χ3n) is 5.88. The molecule has 1 aliphatic heterocycles. The number of imide groups is 1. The van der Waals surface area contributed by atoms with Crippen LogP contribution in [0.25, 0.3) is 11.3 Å². The van der Waals surface area contributed by atoms with Crippen molar-refractivity contribution in [1.82, 2.24) is 5.01 Å². The fraction of sp³-hybridized carbons (Fsp3) is 0.286. The largest absolute Gasteiger partial charge is 0.455 e. The van der Waals surface area contributed by atoms with E-state index in [9.17, 15) is 9.59 Å². The lowest BCUT2D eigenvalue weighted by molar-refractivity contribution is -0.140. The molecule has 1 saturated heterocycles. The van der Waals surface area contributed by atoms with E-state index in [2.05, 4.69) is 17.3 Å². The Kier molecular flexibility index (Phi) is 4.18. The van der Waals surface area contributed by atoms with Gasteiger partial charge in [0.15, 0.2) is 0 Å². The molecule has 1 saturated carbocycles. The summed E-state index contributed by atoms with van der Waals surface area (Å²) in [4.78, 5) is 25.5. The molecular weight excluding hydrogens is 399 g/mol. The molecule has 2 heterocycles. The average molecular weight is 415 g/mol. The van der Waals surface area contributed by atoms with E-state index in [1.807, 2.05) is 0 Å². The van der Waals surface area contributed by atoms with Gasteiger partial charge in [0.1, 0.15) is 11.5 Å². The van der Waals surface area contributed by atoms with Gasteiger partial charge in [-0.25, -0.2) is 0 Å². The number of benzene rings is 1. The number of rotatable bonds is 3. The maximum absolute atomic E-state index is 12.8. The Hall–Kier alpha value is -2.37. The van der Waals surface area contributed by atoms with Crippen LogP contribution in [0.4, 0.5) is 0 Å². The number of carbonyl (C=O) groups excluding carboxylic acids is 2. The van der Waals surface area contributed by atoms with E-state index in [0.29, 0.717) is 27.1 Å². The van der Waals surface area contributed by atoms with Crippen molar-refractivity contribution in [1.29, 1.82) is 0 Å². The highest BCUT2D eigenvalue weighted by Gasteiger charge is 2.56. The molecule has 4 aliphatic rings. The van der Waals surface area contributed by atoms with Crippen LogP contribution < -0.4 is 0 Å². The highest BCUT2D eigenvalue weighted by atomic mass is 35.5. The molecule has 2 bridgehead atoms. The van der Waals surface area contributed by atoms with Crippen LogP contribution in [0.2, 0.25) is 10.0 Å². The number of furan rings is 1. The molecule has 0 unspecified atom stereocenters. The summed E-state index contributed by atoms with van der Waals surface area (Å²) in [5.74, 6) is 0.270. The zero-order valence-electron chi connectivity index (χ0n) is 14.7. The van der Waals surface area contributed by atoms with Gasteiger partial charge in [-0.1, -0.05) is 41.4 Å². The number of hydrogen-bond acceptors (Lipinski definition) is 4. The van der Waals surface area contributed by atoms with Gasteiger partial charge in [0, 0.05) is 5.56 Å². The fourth-order valence-corrected chi connectivity index (χ4v) is 4.94. The Bertz CT molecular complexity index is 1010. The second kappa shape index (κ2) is 6.61. The molecule has 0 spiro atoms. The molecule has 0 N–H and O–H groups in total. The lowest BCUT2D eigenvalue weighted by atomic mass is 9.63. The number of hydrazone groups is 1. The highest BCUT2D eigenvalue weighted by Crippen LogP contribution is 2.49. The van der Waals surface area contributed by atoms with Crippen LogP contribution in [0.1, 0.15) is 18.6 Å². The number of nitrogens with zero attached hydrogens (tertiary/aromatic N) is 2. The molecule has 7 heteroatoms. The van der Waals surface area contributed by atoms with Crippen LogP contribution in [-0.2, 0) is 9.59 Å². The van der Waals surface area contributed by atoms with E-state index in [4.69, 9.17) is 27.6 Å². The van der Waals surface area contributed by atoms with Crippen molar-refractivity contribution in [2.45, 2.75) is 12.8 Å². The zero-order chi connectivity index (χ0) is 19.4. The van der Waals surface area contributed by atoms with Crippen molar-refractivity contribution >= 4 is 41.2 Å². The van der Waals surface area contributed by atoms with Gasteiger partial charge in [-0.2, -0.15) is 10.1 Å². The summed E-state index contributed by atoms with van der Waals surface area (Å²) in [5, 5.41) is 6.00. The van der Waals surface area contributed by atoms with Crippen molar-refractivity contribution in [2.75, 3.05) is 0 Å². The number of amides is 2. The molecule has 1 aromatic heterocycles. The lowest BCUT2D eigenvalue weighted by Gasteiger charge is -2.37. The zero-order valence-corrected chi connectivity index (χ0v) is 16.2. The Labute approximate surface area is 171 Å². The molecule has 2 amide bonds. The van der Waals surface area contributed by atoms with Crippen molar-refractivity contribution in [2.24, 2.45) is 28.8 Å². The number of fused-ring (bicyclic) bond motifs is 1. The van der Waals surface area contributed by atoms with Crippen LogP contribution in [0, 0.1) is 23.7 Å². The predicted octanol–water partition coefficient (Wildman–Crippen LogP) is 4.78. The third kappa shape index (κ3) is 2.65. The summed E-state index contributed by atoms with van der Waals surface area (Å²) in [6.07, 6.45) is 7.48. The Morgan fingerprint density at radius 1 is 1.00 bits per heavy atom. The smallest absolute Gasteiger partial charge is 0.254 e. The summed E-state index contributed by atoms with van der Waals surface area (Å²) in [6, 6.07) is 8.74. The van der Waals surface area contributed by atoms with Gasteiger partial charge in [0.05, 0.1) is 28.1 Å². The van der Waals surface area contributed by atoms with Crippen molar-refractivity contribution in [3.63, 3.8) is 0 Å². The highest BCUT2D eigenvalue weighted by molar-refractivity contribution is 6.43. The van der Waals surface area contributed by atoms with Gasteiger partial charge in [0.25, 0.3) is 11.8 Å². The van der Waals surface area contributed by atoms with Crippen LogP contribution in [-0.4, -0.2) is 23.0 Å². The first-order chi connectivity index (χ1) is 13.5. The van der Waals surface area contributed by atoms with Crippen LogP contribution in [0.5, 0.6) is 0 Å². The SMILES string of the molecule is O=C1[C@@H]2[C@@H](C(=O)N1/N=C\c1ccc(-c3cccc(Cl)c3Cl)o1)[C@H]1C=C[C@H]2CC1. The Balaban J connectivity index is 1.39. The van der Waals surface area contributed by atoms with E-state index in [1.165, 1.54) is 6.21 Å². The first-order valence-electron chi connectivity index (χ1n) is 9.19. The average Bonchev–Trinajstić information content (AvgIpc) is 3.28. The Morgan fingerprint density at radius 3 is 2.32 bits per heavy atom. The van der Waals surface area contributed by atoms with Gasteiger partial charge < -0.3 is 4.42 Å². The van der Waals surface area contributed by atoms with Crippen molar-refractivity contribution in [3.05, 3.63) is 58.3 Å². The quantitative estimate of drug-likeness (QED) is 0.412. The topological polar surface area (TPSA) is 62.9 Å². The van der Waals surface area contributed by atoms with Gasteiger partial charge in [-0.3, -0.25) is 9.59 Å². The van der Waals surface area contributed by atoms with Gasteiger partial charge in [-0.15, -0.1) is 0 Å². The molecule has 4 atom stereocenters. The predicted molar refractivity (Wildman–Crippen MR) is 106 cm³/mol. The summed E-state index contributed by atoms with van der Waals surface area (Å²) in [5.41, 5.74) is 0.663. The summed E-state index contributed by atoms with van der Waals surface area (Å²) in [6.45, 7) is 0. The van der Waals surface area contributed by atoms with Crippen molar-refractivity contribution in [3.8, 4) is 11.3 Å². The molecule has 3 aliphatic carbocycles. The second-order valence-corrected chi connectivity index (χ2v) is 8.16. The minimum Gasteiger partial charge on any atom is -0.455 e. The van der Waals surface area contributed by atoms with Crippen LogP contribution >= 0.6 is 23.2 Å². The van der Waals surface area contributed by atoms with Gasteiger partial charge >= 0.3 is 0 Å². The lowest BCUT2D eigenvalue weighted by Crippen LogP contribution is -2.38. The molecule has 28 heavy (non-hydrogen) atoms. The molecular formula is C21H16Cl2N2O3. The third-order valence-corrected chi connectivity index (χ3v) is 6.70. The van der Waals surface area contributed by atoms with Gasteiger partial charge in [-0.05, 0) is 48.9 Å². The number of hydrogen-bond donors (Lipinski definition) is 0. The number of halogens is 2. The summed E-state index contributed by atoms with van der Waals surface area (Å²) in [7, 11) is 0. The van der Waals surface area contributed by atoms with Gasteiger partial charge in [0.2, 0.25) is 0 Å². The Morgan fingerprint density at radius 2 is 1.68 bits per heavy atom. The molecule has 0 radical (unpaired) electrons. The van der Waals surface area contributed by atoms with E-state index in [-0.39, 0.29) is 35.5 Å². The van der Waals surface area contributed by atoms with Crippen LogP contribution in [0.3, 0.4) is 0 Å². The first-order valence-corrected chi connectivity index (χ1v) is 9.94. The molecule has 5 nitrogen and oxygen atoms in total. The van der Waals surface area contributed by atoms with E-state index >= 15 is 0 Å². The second-order valence-electron chi connectivity index (χ2n) is 7.38. The monoisotopic (exact) mass is 414 g/mol. The summed E-state index contributed by atoms with van der Waals surface area (Å²) >= 11 is 12.3. The van der Waals surface area contributed by atoms with Crippen molar-refractivity contribution < 1.29 is 14.0 Å². The maximum Gasteiger partial charge on any atom is 0.254 e. The fourth-order valence-electron chi connectivity index (χ4n) is 4.55. The number of carbonyl (C=O) groups is 2. The van der Waals surface area contributed by atoms with E-state index in [1.54, 1.807) is 30.3 Å². The summed E-state index contributed by atoms with van der Waals surface area (Å²) < 4.78 is 5.76. The van der Waals surface area contributed by atoms with Crippen LogP contribution in [0.15, 0.2) is 52.0 Å². The van der Waals surface area contributed by atoms with E-state index < -0.39 is 0 Å². The molecule has 2 fully saturated rings. The molecule has 1 aromatic carbocycles. The molecule has 142 valence electrons. The maximum atomic E-state index is 12.8.